The van der Waals surface area contributed by atoms with E-state index in [1.807, 2.05) is 35.0 Å². The lowest BCUT2D eigenvalue weighted by atomic mass is 10.3. The van der Waals surface area contributed by atoms with Gasteiger partial charge in [0.2, 0.25) is 0 Å². The molecule has 1 heterocycles. The summed E-state index contributed by atoms with van der Waals surface area (Å²) in [6.45, 7) is 4.92. The van der Waals surface area contributed by atoms with Crippen LogP contribution in [0.4, 0.5) is 0 Å². The molecule has 1 aromatic heterocycles. The average molecular weight is 246 g/mol. The van der Waals surface area contributed by atoms with Crippen LogP contribution in [0.2, 0.25) is 0 Å². The third-order valence-corrected chi connectivity index (χ3v) is 2.67. The first-order valence-electron chi connectivity index (χ1n) is 6.03. The SMILES string of the molecule is CC(C)n1nnc(CN)c1COc1ccccc1. The van der Waals surface area contributed by atoms with Gasteiger partial charge in [0.15, 0.2) is 0 Å². The summed E-state index contributed by atoms with van der Waals surface area (Å²) >= 11 is 0. The summed E-state index contributed by atoms with van der Waals surface area (Å²) in [5.41, 5.74) is 7.39. The quantitative estimate of drug-likeness (QED) is 0.875. The van der Waals surface area contributed by atoms with Gasteiger partial charge in [-0.1, -0.05) is 23.4 Å². The first-order chi connectivity index (χ1) is 8.72. The number of nitrogens with zero attached hydrogens (tertiary/aromatic N) is 3. The topological polar surface area (TPSA) is 66.0 Å². The number of nitrogens with two attached hydrogens (primary N) is 1. The average Bonchev–Trinajstić information content (AvgIpc) is 2.80. The maximum Gasteiger partial charge on any atom is 0.132 e. The molecular weight excluding hydrogens is 228 g/mol. The molecule has 0 aliphatic carbocycles. The minimum absolute atomic E-state index is 0.243. The lowest BCUT2D eigenvalue weighted by molar-refractivity contribution is 0.286. The van der Waals surface area contributed by atoms with Gasteiger partial charge in [-0.15, -0.1) is 5.10 Å². The first kappa shape index (κ1) is 12.6. The second-order valence-corrected chi connectivity index (χ2v) is 4.33. The van der Waals surface area contributed by atoms with E-state index in [1.165, 1.54) is 0 Å². The van der Waals surface area contributed by atoms with Crippen molar-refractivity contribution in [2.75, 3.05) is 0 Å². The minimum Gasteiger partial charge on any atom is -0.487 e. The molecule has 0 aliphatic rings. The summed E-state index contributed by atoms with van der Waals surface area (Å²) in [6, 6.07) is 9.93. The number of benzene rings is 1. The normalized spacial score (nSPS) is 10.9. The standard InChI is InChI=1S/C13H18N4O/c1-10(2)17-13(12(8-14)15-16-17)9-18-11-6-4-3-5-7-11/h3-7,10H,8-9,14H2,1-2H3. The molecular formula is C13H18N4O. The number of hydrogen-bond donors (Lipinski definition) is 1. The predicted molar refractivity (Wildman–Crippen MR) is 69.1 cm³/mol. The van der Waals surface area contributed by atoms with Crippen LogP contribution in [-0.2, 0) is 13.2 Å². The Bertz CT molecular complexity index is 493. The Hall–Kier alpha value is -1.88. The second-order valence-electron chi connectivity index (χ2n) is 4.33. The fraction of sp³-hybridized carbons (Fsp3) is 0.385. The van der Waals surface area contributed by atoms with Gasteiger partial charge in [0, 0.05) is 12.6 Å². The van der Waals surface area contributed by atoms with Crippen molar-refractivity contribution in [1.82, 2.24) is 15.0 Å². The molecule has 2 aromatic rings. The van der Waals surface area contributed by atoms with Crippen molar-refractivity contribution in [3.05, 3.63) is 41.7 Å². The molecule has 5 nitrogen and oxygen atoms in total. The van der Waals surface area contributed by atoms with Gasteiger partial charge in [-0.2, -0.15) is 0 Å². The highest BCUT2D eigenvalue weighted by atomic mass is 16.5. The third kappa shape index (κ3) is 2.68. The monoisotopic (exact) mass is 246 g/mol. The van der Waals surface area contributed by atoms with Crippen LogP contribution >= 0.6 is 0 Å². The Balaban J connectivity index is 2.15. The Morgan fingerprint density at radius 1 is 1.28 bits per heavy atom. The van der Waals surface area contributed by atoms with Crippen molar-refractivity contribution in [2.45, 2.75) is 33.0 Å². The van der Waals surface area contributed by atoms with Crippen LogP contribution in [0, 0.1) is 0 Å². The van der Waals surface area contributed by atoms with Crippen LogP contribution in [0.3, 0.4) is 0 Å². The van der Waals surface area contributed by atoms with E-state index in [1.54, 1.807) is 0 Å². The Morgan fingerprint density at radius 2 is 2.00 bits per heavy atom. The molecule has 0 radical (unpaired) electrons. The Morgan fingerprint density at radius 3 is 2.61 bits per heavy atom. The van der Waals surface area contributed by atoms with E-state index in [4.69, 9.17) is 10.5 Å². The van der Waals surface area contributed by atoms with Crippen LogP contribution in [-0.4, -0.2) is 15.0 Å². The third-order valence-electron chi connectivity index (χ3n) is 2.67. The van der Waals surface area contributed by atoms with Crippen LogP contribution < -0.4 is 10.5 Å². The molecule has 0 fully saturated rings. The van der Waals surface area contributed by atoms with Crippen molar-refractivity contribution in [3.63, 3.8) is 0 Å². The fourth-order valence-electron chi connectivity index (χ4n) is 1.74. The summed E-state index contributed by atoms with van der Waals surface area (Å²) in [5, 5.41) is 8.18. The molecule has 0 saturated carbocycles. The maximum atomic E-state index is 5.73. The van der Waals surface area contributed by atoms with E-state index >= 15 is 0 Å². The van der Waals surface area contributed by atoms with E-state index in [0.29, 0.717) is 13.2 Å². The van der Waals surface area contributed by atoms with Gasteiger partial charge in [-0.3, -0.25) is 0 Å². The zero-order valence-corrected chi connectivity index (χ0v) is 10.7. The minimum atomic E-state index is 0.243. The molecule has 0 bridgehead atoms. The van der Waals surface area contributed by atoms with Crippen molar-refractivity contribution in [1.29, 1.82) is 0 Å². The van der Waals surface area contributed by atoms with Gasteiger partial charge in [0.05, 0.1) is 0 Å². The highest BCUT2D eigenvalue weighted by Crippen LogP contribution is 2.15. The Kier molecular flexibility index (Phi) is 3.94. The molecule has 2 N–H and O–H groups in total. The maximum absolute atomic E-state index is 5.73. The highest BCUT2D eigenvalue weighted by Gasteiger charge is 2.14. The van der Waals surface area contributed by atoms with Crippen LogP contribution in [0.1, 0.15) is 31.3 Å². The number of rotatable bonds is 5. The predicted octanol–water partition coefficient (Wildman–Crippen LogP) is 1.90. The molecule has 96 valence electrons. The highest BCUT2D eigenvalue weighted by molar-refractivity contribution is 5.21. The first-order valence-corrected chi connectivity index (χ1v) is 6.03. The van der Waals surface area contributed by atoms with Gasteiger partial charge < -0.3 is 10.5 Å². The van der Waals surface area contributed by atoms with Crippen LogP contribution in [0.5, 0.6) is 5.75 Å². The molecule has 0 amide bonds. The molecule has 0 atom stereocenters. The Labute approximate surface area is 107 Å². The lowest BCUT2D eigenvalue weighted by Gasteiger charge is -2.11. The summed E-state index contributed by atoms with van der Waals surface area (Å²) in [7, 11) is 0. The van der Waals surface area contributed by atoms with E-state index < -0.39 is 0 Å². The molecule has 0 unspecified atom stereocenters. The van der Waals surface area contributed by atoms with Crippen LogP contribution in [0.15, 0.2) is 30.3 Å². The summed E-state index contributed by atoms with van der Waals surface area (Å²) in [5.74, 6) is 0.831. The van der Waals surface area contributed by atoms with Crippen LogP contribution in [0.25, 0.3) is 0 Å². The van der Waals surface area contributed by atoms with E-state index in [2.05, 4.69) is 24.2 Å². The number of para-hydroxylation sites is 1. The van der Waals surface area contributed by atoms with Gasteiger partial charge in [0.1, 0.15) is 23.7 Å². The van der Waals surface area contributed by atoms with E-state index in [0.717, 1.165) is 17.1 Å². The molecule has 1 aromatic carbocycles. The van der Waals surface area contributed by atoms with Crippen molar-refractivity contribution >= 4 is 0 Å². The summed E-state index contributed by atoms with van der Waals surface area (Å²) in [6.07, 6.45) is 0. The lowest BCUT2D eigenvalue weighted by Crippen LogP contribution is -2.12. The van der Waals surface area contributed by atoms with Gasteiger partial charge >= 0.3 is 0 Å². The molecule has 0 aliphatic heterocycles. The van der Waals surface area contributed by atoms with E-state index in [-0.39, 0.29) is 6.04 Å². The van der Waals surface area contributed by atoms with Crippen molar-refractivity contribution in [2.24, 2.45) is 5.73 Å². The molecule has 0 spiro atoms. The smallest absolute Gasteiger partial charge is 0.132 e. The zero-order valence-electron chi connectivity index (χ0n) is 10.7. The van der Waals surface area contributed by atoms with Crippen molar-refractivity contribution in [3.8, 4) is 5.75 Å². The van der Waals surface area contributed by atoms with Gasteiger partial charge in [-0.25, -0.2) is 4.68 Å². The molecule has 18 heavy (non-hydrogen) atoms. The summed E-state index contributed by atoms with van der Waals surface area (Å²) in [4.78, 5) is 0. The molecule has 2 rings (SSSR count). The molecule has 5 heteroatoms. The zero-order chi connectivity index (χ0) is 13.0. The van der Waals surface area contributed by atoms with Gasteiger partial charge in [0.25, 0.3) is 0 Å². The van der Waals surface area contributed by atoms with Gasteiger partial charge in [-0.05, 0) is 26.0 Å². The number of hydrogen-bond acceptors (Lipinski definition) is 4. The number of ether oxygens (including phenoxy) is 1. The van der Waals surface area contributed by atoms with Crippen molar-refractivity contribution < 1.29 is 4.74 Å². The second kappa shape index (κ2) is 5.64. The largest absolute Gasteiger partial charge is 0.487 e. The number of aromatic nitrogens is 3. The fourth-order valence-corrected chi connectivity index (χ4v) is 1.74. The van der Waals surface area contributed by atoms with E-state index in [9.17, 15) is 0 Å². The molecule has 0 saturated heterocycles. The summed E-state index contributed by atoms with van der Waals surface area (Å²) < 4.78 is 7.58.